The van der Waals surface area contributed by atoms with Crippen LogP contribution in [-0.4, -0.2) is 0 Å². The van der Waals surface area contributed by atoms with Crippen LogP contribution in [0.2, 0.25) is 0 Å². The Kier molecular flexibility index (Phi) is 0.592. The molecule has 0 radical (unpaired) electrons. The first kappa shape index (κ1) is 3.71. The van der Waals surface area contributed by atoms with Crippen LogP contribution in [0, 0.1) is 5.92 Å². The van der Waals surface area contributed by atoms with E-state index in [1.807, 2.05) is 0 Å². The van der Waals surface area contributed by atoms with Crippen molar-refractivity contribution in [3.05, 3.63) is 11.6 Å². The Bertz CT molecular complexity index is 107. The lowest BCUT2D eigenvalue weighted by molar-refractivity contribution is 0.776. The Morgan fingerprint density at radius 2 is 2.14 bits per heavy atom. The predicted molar refractivity (Wildman–Crippen MR) is 30.0 cm³/mol. The van der Waals surface area contributed by atoms with Gasteiger partial charge in [0, 0.05) is 0 Å². The minimum atomic E-state index is 1.06. The molecule has 0 heteroatoms. The maximum absolute atomic E-state index is 2.40. The maximum atomic E-state index is 2.40. The summed E-state index contributed by atoms with van der Waals surface area (Å²) in [6, 6.07) is 0. The molecule has 7 heavy (non-hydrogen) atoms. The molecule has 0 heterocycles. The van der Waals surface area contributed by atoms with Crippen LogP contribution in [0.1, 0.15) is 25.7 Å². The predicted octanol–water partition coefficient (Wildman–Crippen LogP) is 2.12. The quantitative estimate of drug-likeness (QED) is 0.436. The minimum absolute atomic E-state index is 1.06. The fourth-order valence-corrected chi connectivity index (χ4v) is 1.14. The van der Waals surface area contributed by atoms with Gasteiger partial charge in [-0.3, -0.25) is 0 Å². The molecule has 0 aliphatic heterocycles. The van der Waals surface area contributed by atoms with Gasteiger partial charge in [0.15, 0.2) is 0 Å². The fourth-order valence-electron chi connectivity index (χ4n) is 1.14. The molecule has 0 bridgehead atoms. The first-order chi connectivity index (χ1) is 3.47. The highest BCUT2D eigenvalue weighted by molar-refractivity contribution is 5.19. The molecule has 0 unspecified atom stereocenters. The molecular weight excluding hydrogens is 84.1 g/mol. The number of rotatable bonds is 1. The molecule has 0 aromatic carbocycles. The van der Waals surface area contributed by atoms with Crippen LogP contribution in [0.4, 0.5) is 0 Å². The third kappa shape index (κ3) is 0.495. The van der Waals surface area contributed by atoms with Crippen LogP contribution in [-0.2, 0) is 0 Å². The molecule has 0 nitrogen and oxygen atoms in total. The lowest BCUT2D eigenvalue weighted by Gasteiger charge is -2.11. The van der Waals surface area contributed by atoms with E-state index in [1.165, 1.54) is 25.7 Å². The standard InChI is InChI=1S/C7H10/c1-2-6(3-1)7-4-5-7/h2,7H,1,3-5H2. The zero-order chi connectivity index (χ0) is 4.69. The van der Waals surface area contributed by atoms with Gasteiger partial charge >= 0.3 is 0 Å². The van der Waals surface area contributed by atoms with Gasteiger partial charge in [0.1, 0.15) is 0 Å². The van der Waals surface area contributed by atoms with Crippen LogP contribution in [0.15, 0.2) is 11.6 Å². The molecule has 0 atom stereocenters. The Hall–Kier alpha value is -0.260. The van der Waals surface area contributed by atoms with Gasteiger partial charge in [-0.05, 0) is 31.6 Å². The summed E-state index contributed by atoms with van der Waals surface area (Å²) in [7, 11) is 0. The zero-order valence-electron chi connectivity index (χ0n) is 4.48. The van der Waals surface area contributed by atoms with E-state index in [9.17, 15) is 0 Å². The van der Waals surface area contributed by atoms with Crippen LogP contribution in [0.5, 0.6) is 0 Å². The topological polar surface area (TPSA) is 0 Å². The third-order valence-corrected chi connectivity index (χ3v) is 1.94. The normalized spacial score (nSPS) is 28.9. The second kappa shape index (κ2) is 1.12. The third-order valence-electron chi connectivity index (χ3n) is 1.94. The Morgan fingerprint density at radius 1 is 1.43 bits per heavy atom. The Morgan fingerprint density at radius 3 is 2.29 bits per heavy atom. The second-order valence-electron chi connectivity index (χ2n) is 2.59. The van der Waals surface area contributed by atoms with E-state index in [1.54, 1.807) is 5.57 Å². The van der Waals surface area contributed by atoms with E-state index in [0.717, 1.165) is 5.92 Å². The van der Waals surface area contributed by atoms with Gasteiger partial charge in [-0.15, -0.1) is 0 Å². The highest BCUT2D eigenvalue weighted by Crippen LogP contribution is 2.42. The van der Waals surface area contributed by atoms with Crippen LogP contribution in [0.3, 0.4) is 0 Å². The van der Waals surface area contributed by atoms with Gasteiger partial charge < -0.3 is 0 Å². The number of allylic oxidation sites excluding steroid dienone is 2. The summed E-state index contributed by atoms with van der Waals surface area (Å²) in [5.74, 6) is 1.06. The van der Waals surface area contributed by atoms with Crippen molar-refractivity contribution < 1.29 is 0 Å². The van der Waals surface area contributed by atoms with Crippen molar-refractivity contribution in [1.82, 2.24) is 0 Å². The average Bonchev–Trinajstić information content (AvgIpc) is 2.10. The van der Waals surface area contributed by atoms with Gasteiger partial charge in [-0.2, -0.15) is 0 Å². The molecule has 0 aromatic heterocycles. The molecule has 1 saturated carbocycles. The average molecular weight is 94.2 g/mol. The number of hydrogen-bond donors (Lipinski definition) is 0. The first-order valence-corrected chi connectivity index (χ1v) is 3.16. The fraction of sp³-hybridized carbons (Fsp3) is 0.714. The van der Waals surface area contributed by atoms with E-state index < -0.39 is 0 Å². The zero-order valence-corrected chi connectivity index (χ0v) is 4.48. The Balaban J connectivity index is 2.05. The van der Waals surface area contributed by atoms with Crippen molar-refractivity contribution >= 4 is 0 Å². The minimum Gasteiger partial charge on any atom is -0.0847 e. The molecule has 38 valence electrons. The highest BCUT2D eigenvalue weighted by atomic mass is 14.3. The molecule has 1 fully saturated rings. The lowest BCUT2D eigenvalue weighted by atomic mass is 9.95. The molecule has 2 rings (SSSR count). The van der Waals surface area contributed by atoms with E-state index in [2.05, 4.69) is 6.08 Å². The molecule has 2 aliphatic rings. The summed E-state index contributed by atoms with van der Waals surface area (Å²) in [5, 5.41) is 0. The molecular formula is C7H10. The van der Waals surface area contributed by atoms with Crippen molar-refractivity contribution in [3.8, 4) is 0 Å². The van der Waals surface area contributed by atoms with Crippen LogP contribution in [0.25, 0.3) is 0 Å². The lowest BCUT2D eigenvalue weighted by Crippen LogP contribution is -1.94. The van der Waals surface area contributed by atoms with E-state index in [-0.39, 0.29) is 0 Å². The monoisotopic (exact) mass is 94.1 g/mol. The summed E-state index contributed by atoms with van der Waals surface area (Å²) in [6.45, 7) is 0. The first-order valence-electron chi connectivity index (χ1n) is 3.16. The highest BCUT2D eigenvalue weighted by Gasteiger charge is 2.27. The summed E-state index contributed by atoms with van der Waals surface area (Å²) in [6.07, 6.45) is 8.17. The molecule has 0 aromatic rings. The summed E-state index contributed by atoms with van der Waals surface area (Å²) >= 11 is 0. The molecule has 2 aliphatic carbocycles. The van der Waals surface area contributed by atoms with Gasteiger partial charge in [0.25, 0.3) is 0 Å². The van der Waals surface area contributed by atoms with Crippen LogP contribution < -0.4 is 0 Å². The van der Waals surface area contributed by atoms with Gasteiger partial charge in [0.05, 0.1) is 0 Å². The van der Waals surface area contributed by atoms with Gasteiger partial charge in [0.2, 0.25) is 0 Å². The Labute approximate surface area is 44.2 Å². The van der Waals surface area contributed by atoms with Crippen molar-refractivity contribution in [1.29, 1.82) is 0 Å². The second-order valence-corrected chi connectivity index (χ2v) is 2.59. The van der Waals surface area contributed by atoms with Crippen molar-refractivity contribution in [3.63, 3.8) is 0 Å². The SMILES string of the molecule is C1=C(C2CC2)CC1. The van der Waals surface area contributed by atoms with E-state index >= 15 is 0 Å². The van der Waals surface area contributed by atoms with Crippen molar-refractivity contribution in [2.45, 2.75) is 25.7 Å². The van der Waals surface area contributed by atoms with Crippen LogP contribution >= 0.6 is 0 Å². The smallest absolute Gasteiger partial charge is 0.0203 e. The van der Waals surface area contributed by atoms with Crippen molar-refractivity contribution in [2.75, 3.05) is 0 Å². The number of hydrogen-bond acceptors (Lipinski definition) is 0. The largest absolute Gasteiger partial charge is 0.0847 e. The van der Waals surface area contributed by atoms with Crippen molar-refractivity contribution in [2.24, 2.45) is 5.92 Å². The molecule has 0 N–H and O–H groups in total. The molecule has 0 spiro atoms. The van der Waals surface area contributed by atoms with E-state index in [0.29, 0.717) is 0 Å². The summed E-state index contributed by atoms with van der Waals surface area (Å²) < 4.78 is 0. The van der Waals surface area contributed by atoms with Gasteiger partial charge in [-0.25, -0.2) is 0 Å². The van der Waals surface area contributed by atoms with Gasteiger partial charge in [-0.1, -0.05) is 11.6 Å². The summed E-state index contributed by atoms with van der Waals surface area (Å²) in [5.41, 5.74) is 1.76. The summed E-state index contributed by atoms with van der Waals surface area (Å²) in [4.78, 5) is 0. The van der Waals surface area contributed by atoms with E-state index in [4.69, 9.17) is 0 Å². The maximum Gasteiger partial charge on any atom is -0.0203 e. The molecule has 0 saturated heterocycles. The molecule has 0 amide bonds.